The number of methoxy groups -OCH3 is 1. The van der Waals surface area contributed by atoms with Crippen molar-refractivity contribution in [3.8, 4) is 5.75 Å². The number of amides is 2. The van der Waals surface area contributed by atoms with Gasteiger partial charge in [0, 0.05) is 36.6 Å². The SMILES string of the molecule is COc1cccc(CNC(=O)CC[C@H]2CCCN(C(=O)c3cccc(Cl)c3)C2)c1. The fourth-order valence-electron chi connectivity index (χ4n) is 3.70. The Morgan fingerprint density at radius 2 is 2.03 bits per heavy atom. The predicted molar refractivity (Wildman–Crippen MR) is 114 cm³/mol. The van der Waals surface area contributed by atoms with Crippen LogP contribution < -0.4 is 10.1 Å². The Morgan fingerprint density at radius 3 is 2.83 bits per heavy atom. The van der Waals surface area contributed by atoms with Crippen molar-refractivity contribution in [3.05, 3.63) is 64.7 Å². The third-order valence-electron chi connectivity index (χ3n) is 5.28. The molecule has 2 aromatic rings. The summed E-state index contributed by atoms with van der Waals surface area (Å²) in [5, 5.41) is 3.53. The van der Waals surface area contributed by atoms with Crippen LogP contribution in [0, 0.1) is 5.92 Å². The zero-order valence-corrected chi connectivity index (χ0v) is 17.5. The Labute approximate surface area is 177 Å². The Bertz CT molecular complexity index is 856. The molecule has 0 aliphatic carbocycles. The maximum atomic E-state index is 12.7. The molecule has 0 bridgehead atoms. The van der Waals surface area contributed by atoms with Gasteiger partial charge >= 0.3 is 0 Å². The summed E-state index contributed by atoms with van der Waals surface area (Å²) in [6.45, 7) is 1.93. The van der Waals surface area contributed by atoms with Gasteiger partial charge in [-0.2, -0.15) is 0 Å². The molecule has 1 aliphatic heterocycles. The molecule has 1 fully saturated rings. The lowest BCUT2D eigenvalue weighted by Crippen LogP contribution is -2.40. The van der Waals surface area contributed by atoms with Gasteiger partial charge in [-0.25, -0.2) is 0 Å². The molecule has 0 radical (unpaired) electrons. The van der Waals surface area contributed by atoms with Crippen molar-refractivity contribution >= 4 is 23.4 Å². The van der Waals surface area contributed by atoms with E-state index in [0.717, 1.165) is 37.1 Å². The van der Waals surface area contributed by atoms with E-state index >= 15 is 0 Å². The standard InChI is InChI=1S/C23H27ClN2O3/c1-29-21-9-2-5-18(13-21)15-25-22(27)11-10-17-6-4-12-26(16-17)23(28)19-7-3-8-20(24)14-19/h2-3,5,7-9,13-14,17H,4,6,10-12,15-16H2,1H3,(H,25,27)/t17-/m1/s1. The fraction of sp³-hybridized carbons (Fsp3) is 0.391. The van der Waals surface area contributed by atoms with Gasteiger partial charge in [0.25, 0.3) is 5.91 Å². The summed E-state index contributed by atoms with van der Waals surface area (Å²) in [7, 11) is 1.63. The number of rotatable bonds is 7. The molecule has 1 heterocycles. The first kappa shape index (κ1) is 21.2. The molecular weight excluding hydrogens is 388 g/mol. The topological polar surface area (TPSA) is 58.6 Å². The van der Waals surface area contributed by atoms with Gasteiger partial charge in [-0.15, -0.1) is 0 Å². The van der Waals surface area contributed by atoms with Crippen molar-refractivity contribution in [2.24, 2.45) is 5.92 Å². The quantitative estimate of drug-likeness (QED) is 0.734. The van der Waals surface area contributed by atoms with E-state index in [1.54, 1.807) is 31.4 Å². The second-order valence-electron chi connectivity index (χ2n) is 7.44. The van der Waals surface area contributed by atoms with E-state index in [1.165, 1.54) is 0 Å². The van der Waals surface area contributed by atoms with Crippen LogP contribution in [0.3, 0.4) is 0 Å². The molecule has 0 unspecified atom stereocenters. The van der Waals surface area contributed by atoms with Crippen LogP contribution in [0.4, 0.5) is 0 Å². The van der Waals surface area contributed by atoms with Crippen molar-refractivity contribution in [1.29, 1.82) is 0 Å². The zero-order valence-electron chi connectivity index (χ0n) is 16.7. The predicted octanol–water partition coefficient (Wildman–Crippen LogP) is 4.30. The summed E-state index contributed by atoms with van der Waals surface area (Å²) in [6, 6.07) is 14.7. The molecule has 1 atom stereocenters. The highest BCUT2D eigenvalue weighted by Crippen LogP contribution is 2.23. The molecule has 154 valence electrons. The number of nitrogens with one attached hydrogen (secondary N) is 1. The number of hydrogen-bond donors (Lipinski definition) is 1. The number of carbonyl (C=O) groups excluding carboxylic acids is 2. The van der Waals surface area contributed by atoms with Crippen molar-refractivity contribution in [2.45, 2.75) is 32.2 Å². The minimum Gasteiger partial charge on any atom is -0.497 e. The number of halogens is 1. The van der Waals surface area contributed by atoms with E-state index < -0.39 is 0 Å². The highest BCUT2D eigenvalue weighted by Gasteiger charge is 2.25. The Morgan fingerprint density at radius 1 is 1.21 bits per heavy atom. The van der Waals surface area contributed by atoms with Crippen molar-refractivity contribution in [2.75, 3.05) is 20.2 Å². The summed E-state index contributed by atoms with van der Waals surface area (Å²) in [4.78, 5) is 26.9. The van der Waals surface area contributed by atoms with E-state index in [2.05, 4.69) is 5.32 Å². The van der Waals surface area contributed by atoms with Gasteiger partial charge in [-0.3, -0.25) is 9.59 Å². The number of carbonyl (C=O) groups is 2. The van der Waals surface area contributed by atoms with Crippen molar-refractivity contribution in [3.63, 3.8) is 0 Å². The lowest BCUT2D eigenvalue weighted by atomic mass is 9.92. The zero-order chi connectivity index (χ0) is 20.6. The first-order valence-electron chi connectivity index (χ1n) is 9.99. The number of benzene rings is 2. The summed E-state index contributed by atoms with van der Waals surface area (Å²) < 4.78 is 5.20. The molecule has 0 aromatic heterocycles. The van der Waals surface area contributed by atoms with Crippen molar-refractivity contribution < 1.29 is 14.3 Å². The van der Waals surface area contributed by atoms with Crippen LogP contribution in [-0.4, -0.2) is 36.9 Å². The lowest BCUT2D eigenvalue weighted by molar-refractivity contribution is -0.121. The maximum absolute atomic E-state index is 12.7. The van der Waals surface area contributed by atoms with Crippen LogP contribution in [0.1, 0.15) is 41.6 Å². The van der Waals surface area contributed by atoms with Gasteiger partial charge in [0.15, 0.2) is 0 Å². The first-order valence-corrected chi connectivity index (χ1v) is 10.4. The first-order chi connectivity index (χ1) is 14.0. The number of likely N-dealkylation sites (tertiary alicyclic amines) is 1. The molecule has 1 aliphatic rings. The van der Waals surface area contributed by atoms with E-state index in [4.69, 9.17) is 16.3 Å². The molecule has 0 spiro atoms. The molecule has 0 saturated carbocycles. The largest absolute Gasteiger partial charge is 0.497 e. The molecule has 3 rings (SSSR count). The highest BCUT2D eigenvalue weighted by molar-refractivity contribution is 6.30. The number of piperidine rings is 1. The number of nitrogens with zero attached hydrogens (tertiary/aromatic N) is 1. The van der Waals surface area contributed by atoms with Gasteiger partial charge in [0.2, 0.25) is 5.91 Å². The highest BCUT2D eigenvalue weighted by atomic mass is 35.5. The van der Waals surface area contributed by atoms with Crippen LogP contribution in [0.15, 0.2) is 48.5 Å². The summed E-state index contributed by atoms with van der Waals surface area (Å²) >= 11 is 6.01. The van der Waals surface area contributed by atoms with Gasteiger partial charge in [-0.05, 0) is 61.1 Å². The van der Waals surface area contributed by atoms with Gasteiger partial charge in [-0.1, -0.05) is 29.8 Å². The molecule has 6 heteroatoms. The molecular formula is C23H27ClN2O3. The smallest absolute Gasteiger partial charge is 0.253 e. The van der Waals surface area contributed by atoms with E-state index in [-0.39, 0.29) is 11.8 Å². The summed E-state index contributed by atoms with van der Waals surface area (Å²) in [5.41, 5.74) is 1.63. The molecule has 29 heavy (non-hydrogen) atoms. The van der Waals surface area contributed by atoms with E-state index in [0.29, 0.717) is 36.0 Å². The average Bonchev–Trinajstić information content (AvgIpc) is 2.76. The maximum Gasteiger partial charge on any atom is 0.253 e. The van der Waals surface area contributed by atoms with Crippen LogP contribution in [0.2, 0.25) is 5.02 Å². The van der Waals surface area contributed by atoms with Crippen LogP contribution in [-0.2, 0) is 11.3 Å². The Balaban J connectivity index is 1.45. The second-order valence-corrected chi connectivity index (χ2v) is 7.87. The fourth-order valence-corrected chi connectivity index (χ4v) is 3.89. The van der Waals surface area contributed by atoms with Crippen LogP contribution >= 0.6 is 11.6 Å². The number of ether oxygens (including phenoxy) is 1. The number of hydrogen-bond acceptors (Lipinski definition) is 3. The Hall–Kier alpha value is -2.53. The monoisotopic (exact) mass is 414 g/mol. The van der Waals surface area contributed by atoms with Gasteiger partial charge < -0.3 is 15.0 Å². The lowest BCUT2D eigenvalue weighted by Gasteiger charge is -2.33. The third kappa shape index (κ3) is 6.23. The van der Waals surface area contributed by atoms with Crippen LogP contribution in [0.5, 0.6) is 5.75 Å². The van der Waals surface area contributed by atoms with Gasteiger partial charge in [0.1, 0.15) is 5.75 Å². The normalized spacial score (nSPS) is 16.3. The molecule has 1 N–H and O–H groups in total. The average molecular weight is 415 g/mol. The molecule has 2 aromatic carbocycles. The third-order valence-corrected chi connectivity index (χ3v) is 5.52. The van der Waals surface area contributed by atoms with Gasteiger partial charge in [0.05, 0.1) is 7.11 Å². The van der Waals surface area contributed by atoms with Crippen LogP contribution in [0.25, 0.3) is 0 Å². The minimum absolute atomic E-state index is 0.0136. The summed E-state index contributed by atoms with van der Waals surface area (Å²) in [5.74, 6) is 1.17. The second kappa shape index (κ2) is 10.3. The minimum atomic E-state index is 0.0136. The van der Waals surface area contributed by atoms with Crippen molar-refractivity contribution in [1.82, 2.24) is 10.2 Å². The van der Waals surface area contributed by atoms with E-state index in [9.17, 15) is 9.59 Å². The Kier molecular flexibility index (Phi) is 7.53. The molecule has 1 saturated heterocycles. The summed E-state index contributed by atoms with van der Waals surface area (Å²) in [6.07, 6.45) is 3.25. The van der Waals surface area contributed by atoms with E-state index in [1.807, 2.05) is 29.2 Å². The molecule has 2 amide bonds. The molecule has 5 nitrogen and oxygen atoms in total.